The molecule has 0 saturated heterocycles. The molecule has 0 spiro atoms. The highest BCUT2D eigenvalue weighted by molar-refractivity contribution is 5.98. The fourth-order valence-corrected chi connectivity index (χ4v) is 2.81. The predicted molar refractivity (Wildman–Crippen MR) is 88.0 cm³/mol. The van der Waals surface area contributed by atoms with Gasteiger partial charge in [-0.15, -0.1) is 12.4 Å². The SMILES string of the molecule is CCC(CC)C(=O)N1CCCN(C)c2ccccc21.Cl. The number of para-hydroxylation sites is 2. The van der Waals surface area contributed by atoms with Crippen LogP contribution in [0.1, 0.15) is 33.1 Å². The van der Waals surface area contributed by atoms with E-state index >= 15 is 0 Å². The summed E-state index contributed by atoms with van der Waals surface area (Å²) in [5.74, 6) is 0.434. The molecule has 20 heavy (non-hydrogen) atoms. The fourth-order valence-electron chi connectivity index (χ4n) is 2.81. The summed E-state index contributed by atoms with van der Waals surface area (Å²) in [5, 5.41) is 0. The summed E-state index contributed by atoms with van der Waals surface area (Å²) in [7, 11) is 2.10. The molecule has 0 saturated carbocycles. The topological polar surface area (TPSA) is 23.6 Å². The Morgan fingerprint density at radius 3 is 2.35 bits per heavy atom. The highest BCUT2D eigenvalue weighted by Gasteiger charge is 2.26. The van der Waals surface area contributed by atoms with Crippen molar-refractivity contribution in [1.82, 2.24) is 0 Å². The van der Waals surface area contributed by atoms with Crippen LogP contribution in [0.4, 0.5) is 11.4 Å². The first-order valence-corrected chi connectivity index (χ1v) is 7.30. The number of halogens is 1. The van der Waals surface area contributed by atoms with Crippen LogP contribution < -0.4 is 9.80 Å². The second-order valence-corrected chi connectivity index (χ2v) is 5.27. The molecule has 1 aromatic carbocycles. The molecular weight excluding hydrogens is 272 g/mol. The molecule has 112 valence electrons. The van der Waals surface area contributed by atoms with Gasteiger partial charge in [0.15, 0.2) is 0 Å². The third-order valence-corrected chi connectivity index (χ3v) is 4.06. The molecule has 0 unspecified atom stereocenters. The summed E-state index contributed by atoms with van der Waals surface area (Å²) in [6.45, 7) is 6.03. The average Bonchev–Trinajstić information content (AvgIpc) is 2.60. The highest BCUT2D eigenvalue weighted by Crippen LogP contribution is 2.32. The van der Waals surface area contributed by atoms with Crippen molar-refractivity contribution < 1.29 is 4.79 Å². The molecule has 4 heteroatoms. The van der Waals surface area contributed by atoms with Crippen molar-refractivity contribution in [2.45, 2.75) is 33.1 Å². The Morgan fingerprint density at radius 2 is 1.75 bits per heavy atom. The second-order valence-electron chi connectivity index (χ2n) is 5.27. The summed E-state index contributed by atoms with van der Waals surface area (Å²) < 4.78 is 0. The number of anilines is 2. The summed E-state index contributed by atoms with van der Waals surface area (Å²) >= 11 is 0. The van der Waals surface area contributed by atoms with Gasteiger partial charge in [0.25, 0.3) is 0 Å². The van der Waals surface area contributed by atoms with Crippen molar-refractivity contribution in [3.8, 4) is 0 Å². The molecule has 1 aliphatic rings. The average molecular weight is 297 g/mol. The Balaban J connectivity index is 0.00000200. The lowest BCUT2D eigenvalue weighted by molar-refractivity contribution is -0.122. The first kappa shape index (κ1) is 16.8. The van der Waals surface area contributed by atoms with Crippen LogP contribution in [0.3, 0.4) is 0 Å². The minimum atomic E-state index is 0. The van der Waals surface area contributed by atoms with Crippen LogP contribution in [0, 0.1) is 5.92 Å². The lowest BCUT2D eigenvalue weighted by atomic mass is 10.0. The van der Waals surface area contributed by atoms with Gasteiger partial charge >= 0.3 is 0 Å². The number of fused-ring (bicyclic) bond motifs is 1. The summed E-state index contributed by atoms with van der Waals surface area (Å²) in [6, 6.07) is 8.23. The van der Waals surface area contributed by atoms with E-state index in [2.05, 4.69) is 37.9 Å². The van der Waals surface area contributed by atoms with Gasteiger partial charge in [-0.2, -0.15) is 0 Å². The highest BCUT2D eigenvalue weighted by atomic mass is 35.5. The van der Waals surface area contributed by atoms with Crippen LogP contribution in [-0.2, 0) is 4.79 Å². The zero-order valence-electron chi connectivity index (χ0n) is 12.6. The standard InChI is InChI=1S/C16H24N2O.ClH/c1-4-13(5-2)16(19)18-12-8-11-17(3)14-9-6-7-10-15(14)18;/h6-7,9-10,13H,4-5,8,11-12H2,1-3H3;1H. The number of hydrogen-bond donors (Lipinski definition) is 0. The van der Waals surface area contributed by atoms with E-state index < -0.39 is 0 Å². The van der Waals surface area contributed by atoms with Crippen LogP contribution >= 0.6 is 12.4 Å². The maximum absolute atomic E-state index is 12.7. The van der Waals surface area contributed by atoms with Gasteiger partial charge < -0.3 is 9.80 Å². The molecule has 0 atom stereocenters. The number of hydrogen-bond acceptors (Lipinski definition) is 2. The van der Waals surface area contributed by atoms with E-state index in [4.69, 9.17) is 0 Å². The quantitative estimate of drug-likeness (QED) is 0.849. The lowest BCUT2D eigenvalue weighted by Crippen LogP contribution is -2.36. The van der Waals surface area contributed by atoms with Crippen LogP contribution in [0.25, 0.3) is 0 Å². The van der Waals surface area contributed by atoms with E-state index in [1.54, 1.807) is 0 Å². The minimum Gasteiger partial charge on any atom is -0.373 e. The monoisotopic (exact) mass is 296 g/mol. The van der Waals surface area contributed by atoms with E-state index in [9.17, 15) is 4.79 Å². The number of nitrogens with zero attached hydrogens (tertiary/aromatic N) is 2. The van der Waals surface area contributed by atoms with Crippen molar-refractivity contribution in [3.05, 3.63) is 24.3 Å². The molecule has 0 bridgehead atoms. The van der Waals surface area contributed by atoms with E-state index in [0.29, 0.717) is 0 Å². The zero-order chi connectivity index (χ0) is 13.8. The molecule has 0 radical (unpaired) electrons. The van der Waals surface area contributed by atoms with E-state index in [1.807, 2.05) is 17.0 Å². The number of rotatable bonds is 3. The molecule has 0 aliphatic carbocycles. The largest absolute Gasteiger partial charge is 0.373 e. The molecule has 1 aliphatic heterocycles. The van der Waals surface area contributed by atoms with Crippen LogP contribution in [0.2, 0.25) is 0 Å². The van der Waals surface area contributed by atoms with Gasteiger partial charge in [0.05, 0.1) is 11.4 Å². The molecular formula is C16H25ClN2O. The normalized spacial score (nSPS) is 14.6. The molecule has 0 aromatic heterocycles. The Labute approximate surface area is 128 Å². The molecule has 1 amide bonds. The van der Waals surface area contributed by atoms with Gasteiger partial charge in [-0.3, -0.25) is 4.79 Å². The van der Waals surface area contributed by atoms with Gasteiger partial charge in [-0.25, -0.2) is 0 Å². The Hall–Kier alpha value is -1.22. The maximum atomic E-state index is 12.7. The minimum absolute atomic E-state index is 0. The fraction of sp³-hybridized carbons (Fsp3) is 0.562. The van der Waals surface area contributed by atoms with Crippen molar-refractivity contribution in [2.75, 3.05) is 29.9 Å². The smallest absolute Gasteiger partial charge is 0.230 e. The number of carbonyl (C=O) groups is 1. The summed E-state index contributed by atoms with van der Waals surface area (Å²) in [4.78, 5) is 16.9. The third kappa shape index (κ3) is 3.26. The Morgan fingerprint density at radius 1 is 1.15 bits per heavy atom. The second kappa shape index (κ2) is 7.53. The van der Waals surface area contributed by atoms with Crippen molar-refractivity contribution in [2.24, 2.45) is 5.92 Å². The summed E-state index contributed by atoms with van der Waals surface area (Å²) in [6.07, 6.45) is 2.87. The van der Waals surface area contributed by atoms with Gasteiger partial charge in [0.2, 0.25) is 5.91 Å². The first-order valence-electron chi connectivity index (χ1n) is 7.30. The molecule has 1 heterocycles. The van der Waals surface area contributed by atoms with Crippen LogP contribution in [0.15, 0.2) is 24.3 Å². The lowest BCUT2D eigenvalue weighted by Gasteiger charge is -2.27. The van der Waals surface area contributed by atoms with Crippen molar-refractivity contribution in [3.63, 3.8) is 0 Å². The van der Waals surface area contributed by atoms with E-state index in [-0.39, 0.29) is 24.2 Å². The third-order valence-electron chi connectivity index (χ3n) is 4.06. The molecule has 0 N–H and O–H groups in total. The molecule has 2 rings (SSSR count). The Bertz CT molecular complexity index is 446. The molecule has 1 aromatic rings. The number of benzene rings is 1. The predicted octanol–water partition coefficient (Wildman–Crippen LogP) is 3.72. The van der Waals surface area contributed by atoms with E-state index in [1.165, 1.54) is 5.69 Å². The molecule has 0 fully saturated rings. The zero-order valence-corrected chi connectivity index (χ0v) is 13.4. The van der Waals surface area contributed by atoms with Gasteiger partial charge in [0, 0.05) is 26.1 Å². The van der Waals surface area contributed by atoms with Crippen LogP contribution in [-0.4, -0.2) is 26.0 Å². The van der Waals surface area contributed by atoms with Gasteiger partial charge in [-0.05, 0) is 31.4 Å². The van der Waals surface area contributed by atoms with Crippen LogP contribution in [0.5, 0.6) is 0 Å². The van der Waals surface area contributed by atoms with Crippen molar-refractivity contribution in [1.29, 1.82) is 0 Å². The maximum Gasteiger partial charge on any atom is 0.230 e. The number of carbonyl (C=O) groups excluding carboxylic acids is 1. The number of amides is 1. The van der Waals surface area contributed by atoms with Gasteiger partial charge in [0.1, 0.15) is 0 Å². The Kier molecular flexibility index (Phi) is 6.34. The summed E-state index contributed by atoms with van der Waals surface area (Å²) in [5.41, 5.74) is 2.23. The van der Waals surface area contributed by atoms with Gasteiger partial charge in [-0.1, -0.05) is 26.0 Å². The van der Waals surface area contributed by atoms with Crippen molar-refractivity contribution >= 4 is 29.7 Å². The van der Waals surface area contributed by atoms with E-state index in [0.717, 1.165) is 38.0 Å². The first-order chi connectivity index (χ1) is 9.19. The molecule has 3 nitrogen and oxygen atoms in total.